The lowest BCUT2D eigenvalue weighted by Crippen LogP contribution is -2.04. The molecule has 4 aromatic heterocycles. The third-order valence-corrected chi connectivity index (χ3v) is 5.79. The van der Waals surface area contributed by atoms with Crippen molar-refractivity contribution in [3.8, 4) is 17.1 Å². The van der Waals surface area contributed by atoms with Gasteiger partial charge in [-0.2, -0.15) is 0 Å². The first-order chi connectivity index (χ1) is 16.0. The maximum Gasteiger partial charge on any atom is 0.183 e. The van der Waals surface area contributed by atoms with Crippen LogP contribution in [-0.2, 0) is 6.42 Å². The largest absolute Gasteiger partial charge is 0.303 e. The number of aromatic nitrogens is 5. The molecule has 0 saturated heterocycles. The fraction of sp³-hybridized carbons (Fsp3) is 0.185. The van der Waals surface area contributed by atoms with Gasteiger partial charge in [0.1, 0.15) is 23.5 Å². The molecule has 5 aromatic rings. The molecule has 0 amide bonds. The quantitative estimate of drug-likeness (QED) is 0.339. The number of carbonyl (C=O) groups excluding carboxylic acids is 1. The van der Waals surface area contributed by atoms with Crippen molar-refractivity contribution in [1.29, 1.82) is 0 Å². The Hall–Kier alpha value is -4.06. The van der Waals surface area contributed by atoms with Gasteiger partial charge in [0.15, 0.2) is 5.78 Å². The molecule has 0 bridgehead atoms. The van der Waals surface area contributed by atoms with E-state index in [0.717, 1.165) is 39.7 Å². The van der Waals surface area contributed by atoms with Crippen LogP contribution in [0.3, 0.4) is 0 Å². The van der Waals surface area contributed by atoms with Crippen LogP contribution in [0, 0.1) is 20.8 Å². The number of imidazole rings is 2. The lowest BCUT2D eigenvalue weighted by Gasteiger charge is -2.06. The normalized spacial score (nSPS) is 11.2. The third-order valence-electron chi connectivity index (χ3n) is 5.79. The molecule has 6 heteroatoms. The topological polar surface area (TPSA) is 65.1 Å². The summed E-state index contributed by atoms with van der Waals surface area (Å²) in [6.45, 7) is 6.07. The second kappa shape index (κ2) is 8.47. The van der Waals surface area contributed by atoms with Gasteiger partial charge in [0.2, 0.25) is 0 Å². The van der Waals surface area contributed by atoms with Crippen molar-refractivity contribution in [2.75, 3.05) is 0 Å². The first-order valence-electron chi connectivity index (χ1n) is 11.0. The van der Waals surface area contributed by atoms with Crippen LogP contribution in [0.2, 0.25) is 0 Å². The zero-order valence-corrected chi connectivity index (χ0v) is 19.0. The molecule has 0 unspecified atom stereocenters. The zero-order chi connectivity index (χ0) is 22.9. The fourth-order valence-electron chi connectivity index (χ4n) is 4.01. The zero-order valence-electron chi connectivity index (χ0n) is 19.0. The smallest absolute Gasteiger partial charge is 0.183 e. The highest BCUT2D eigenvalue weighted by atomic mass is 16.1. The van der Waals surface area contributed by atoms with Crippen LogP contribution in [0.25, 0.3) is 22.7 Å². The predicted octanol–water partition coefficient (Wildman–Crippen LogP) is 5.32. The number of carbonyl (C=O) groups is 1. The second-order valence-corrected chi connectivity index (χ2v) is 8.43. The molecular formula is C27H25N5O. The van der Waals surface area contributed by atoms with Gasteiger partial charge in [0.05, 0.1) is 11.4 Å². The molecule has 0 aliphatic carbocycles. The third kappa shape index (κ3) is 4.20. The molecule has 164 valence electrons. The Kier molecular flexibility index (Phi) is 5.34. The number of nitrogens with zero attached hydrogens (tertiary/aromatic N) is 5. The van der Waals surface area contributed by atoms with Crippen LogP contribution in [0.15, 0.2) is 73.3 Å². The number of benzene rings is 1. The fourth-order valence-corrected chi connectivity index (χ4v) is 4.01. The Morgan fingerprint density at radius 2 is 1.67 bits per heavy atom. The Morgan fingerprint density at radius 1 is 0.879 bits per heavy atom. The van der Waals surface area contributed by atoms with Gasteiger partial charge in [-0.15, -0.1) is 0 Å². The lowest BCUT2D eigenvalue weighted by molar-refractivity contribution is 0.0978. The lowest BCUT2D eigenvalue weighted by atomic mass is 10.0. The molecule has 0 N–H and O–H groups in total. The van der Waals surface area contributed by atoms with Crippen LogP contribution < -0.4 is 0 Å². The summed E-state index contributed by atoms with van der Waals surface area (Å²) >= 11 is 0. The van der Waals surface area contributed by atoms with E-state index >= 15 is 0 Å². The van der Waals surface area contributed by atoms with Crippen LogP contribution in [0.5, 0.6) is 0 Å². The summed E-state index contributed by atoms with van der Waals surface area (Å²) in [4.78, 5) is 26.7. The molecule has 1 aromatic carbocycles. The molecule has 0 aliphatic rings. The van der Waals surface area contributed by atoms with E-state index in [0.29, 0.717) is 18.5 Å². The van der Waals surface area contributed by atoms with E-state index in [1.807, 2.05) is 31.2 Å². The molecule has 0 aliphatic heterocycles. The molecule has 6 nitrogen and oxygen atoms in total. The van der Waals surface area contributed by atoms with Crippen molar-refractivity contribution >= 4 is 11.4 Å². The van der Waals surface area contributed by atoms with Crippen molar-refractivity contribution in [3.05, 3.63) is 102 Å². The van der Waals surface area contributed by atoms with Crippen LogP contribution in [0.1, 0.15) is 39.4 Å². The van der Waals surface area contributed by atoms with Gasteiger partial charge < -0.3 is 4.40 Å². The highest BCUT2D eigenvalue weighted by Gasteiger charge is 2.17. The van der Waals surface area contributed by atoms with E-state index < -0.39 is 0 Å². The van der Waals surface area contributed by atoms with Gasteiger partial charge in [-0.3, -0.25) is 9.36 Å². The summed E-state index contributed by atoms with van der Waals surface area (Å²) in [6.07, 6.45) is 6.40. The van der Waals surface area contributed by atoms with E-state index in [1.165, 1.54) is 5.56 Å². The number of Topliss-reactive ketones (excluding diaryl/α,β-unsaturated/α-hetero) is 1. The average Bonchev–Trinajstić information content (AvgIpc) is 3.43. The first kappa shape index (κ1) is 20.8. The molecule has 33 heavy (non-hydrogen) atoms. The van der Waals surface area contributed by atoms with Gasteiger partial charge in [-0.05, 0) is 51.0 Å². The van der Waals surface area contributed by atoms with E-state index in [4.69, 9.17) is 4.98 Å². The second-order valence-electron chi connectivity index (χ2n) is 8.43. The minimum atomic E-state index is -0.00105. The van der Waals surface area contributed by atoms with Crippen molar-refractivity contribution in [1.82, 2.24) is 23.9 Å². The Bertz CT molecular complexity index is 1460. The van der Waals surface area contributed by atoms with E-state index in [-0.39, 0.29) is 5.78 Å². The Morgan fingerprint density at radius 3 is 2.45 bits per heavy atom. The number of pyridine rings is 2. The summed E-state index contributed by atoms with van der Waals surface area (Å²) in [6, 6.07) is 18.2. The van der Waals surface area contributed by atoms with Gasteiger partial charge >= 0.3 is 0 Å². The molecule has 0 atom stereocenters. The molecule has 0 radical (unpaired) electrons. The summed E-state index contributed by atoms with van der Waals surface area (Å²) in [5.74, 6) is 0.749. The molecular weight excluding hydrogens is 410 g/mol. The Labute approximate surface area is 192 Å². The highest BCUT2D eigenvalue weighted by Crippen LogP contribution is 2.27. The van der Waals surface area contributed by atoms with E-state index in [9.17, 15) is 4.79 Å². The molecule has 4 heterocycles. The van der Waals surface area contributed by atoms with Gasteiger partial charge in [-0.25, -0.2) is 15.0 Å². The summed E-state index contributed by atoms with van der Waals surface area (Å²) in [7, 11) is 0. The predicted molar refractivity (Wildman–Crippen MR) is 129 cm³/mol. The minimum Gasteiger partial charge on any atom is -0.303 e. The average molecular weight is 436 g/mol. The SMILES string of the molecule is Cc1ccc(-c2nc3ccc(C)cn3c2CCC(=O)c2cn(-c3cccc(C)n3)cn2)cc1. The number of ketones is 1. The van der Waals surface area contributed by atoms with Gasteiger partial charge in [0.25, 0.3) is 0 Å². The molecule has 5 rings (SSSR count). The van der Waals surface area contributed by atoms with Gasteiger partial charge in [-0.1, -0.05) is 42.0 Å². The molecule has 0 saturated carbocycles. The summed E-state index contributed by atoms with van der Waals surface area (Å²) < 4.78 is 3.89. The van der Waals surface area contributed by atoms with Gasteiger partial charge in [0, 0.05) is 30.1 Å². The summed E-state index contributed by atoms with van der Waals surface area (Å²) in [5.41, 5.74) is 7.60. The number of aryl methyl sites for hydroxylation is 4. The maximum absolute atomic E-state index is 13.0. The van der Waals surface area contributed by atoms with Crippen molar-refractivity contribution < 1.29 is 4.79 Å². The molecule has 0 spiro atoms. The van der Waals surface area contributed by atoms with Crippen LogP contribution in [-0.4, -0.2) is 29.7 Å². The number of hydrogen-bond acceptors (Lipinski definition) is 4. The number of rotatable bonds is 6. The molecule has 0 fully saturated rings. The van der Waals surface area contributed by atoms with E-state index in [1.54, 1.807) is 17.1 Å². The standard InChI is InChI=1S/C27H25N5O/c1-18-7-10-21(11-8-18)27-23(32-15-19(2)9-14-26(32)30-27)12-13-24(33)22-16-31(17-28-22)25-6-4-5-20(3)29-25/h4-11,14-17H,12-13H2,1-3H3. The monoisotopic (exact) mass is 435 g/mol. The first-order valence-corrected chi connectivity index (χ1v) is 11.0. The van der Waals surface area contributed by atoms with E-state index in [2.05, 4.69) is 64.7 Å². The maximum atomic E-state index is 13.0. The van der Waals surface area contributed by atoms with Crippen molar-refractivity contribution in [2.45, 2.75) is 33.6 Å². The Balaban J connectivity index is 1.43. The van der Waals surface area contributed by atoms with Crippen LogP contribution in [0.4, 0.5) is 0 Å². The van der Waals surface area contributed by atoms with Crippen molar-refractivity contribution in [3.63, 3.8) is 0 Å². The van der Waals surface area contributed by atoms with Crippen molar-refractivity contribution in [2.24, 2.45) is 0 Å². The van der Waals surface area contributed by atoms with Crippen LogP contribution >= 0.6 is 0 Å². The minimum absolute atomic E-state index is 0.00105. The highest BCUT2D eigenvalue weighted by molar-refractivity contribution is 5.94. The summed E-state index contributed by atoms with van der Waals surface area (Å²) in [5, 5.41) is 0. The number of hydrogen-bond donors (Lipinski definition) is 0. The number of fused-ring (bicyclic) bond motifs is 1.